The fraction of sp³-hybridized carbons (Fsp3) is 0.167. The highest BCUT2D eigenvalue weighted by molar-refractivity contribution is 5.55. The lowest BCUT2D eigenvalue weighted by Gasteiger charge is -1.94. The molecule has 0 saturated heterocycles. The molecule has 0 atom stereocenters. The molecule has 50 valence electrons. The third kappa shape index (κ3) is 0.586. The highest BCUT2D eigenvalue weighted by atomic mass is 16.3. The third-order valence-corrected chi connectivity index (χ3v) is 1.36. The first kappa shape index (κ1) is 5.34. The maximum atomic E-state index is 5.01. The smallest absolute Gasteiger partial charge is 0.189 e. The van der Waals surface area contributed by atoms with Crippen LogP contribution in [0.15, 0.2) is 17.0 Å². The van der Waals surface area contributed by atoms with Crippen LogP contribution in [0.5, 0.6) is 0 Å². The molecule has 2 aliphatic heterocycles. The van der Waals surface area contributed by atoms with E-state index in [1.165, 1.54) is 6.39 Å². The van der Waals surface area contributed by atoms with E-state index in [1.54, 1.807) is 6.20 Å². The molecule has 0 aliphatic carbocycles. The molecule has 0 fully saturated rings. The normalized spacial score (nSPS) is 10.5. The van der Waals surface area contributed by atoms with Crippen LogP contribution in [0.3, 0.4) is 0 Å². The molecule has 10 heavy (non-hydrogen) atoms. The number of aryl methyl sites for hydroxylation is 1. The maximum Gasteiger partial charge on any atom is 0.189 e. The molecule has 2 rings (SSSR count). The van der Waals surface area contributed by atoms with Gasteiger partial charge in [-0.25, -0.2) is 0 Å². The van der Waals surface area contributed by atoms with E-state index in [1.807, 2.05) is 6.92 Å². The summed E-state index contributed by atoms with van der Waals surface area (Å²) in [6.07, 6.45) is 3.01. The SMILES string of the molecule is Cc1ocnc2nncc1-2. The van der Waals surface area contributed by atoms with Crippen LogP contribution in [-0.2, 0) is 0 Å². The Morgan fingerprint density at radius 1 is 1.50 bits per heavy atom. The van der Waals surface area contributed by atoms with E-state index in [-0.39, 0.29) is 0 Å². The summed E-state index contributed by atoms with van der Waals surface area (Å²) in [6.45, 7) is 1.85. The van der Waals surface area contributed by atoms with Gasteiger partial charge in [0.1, 0.15) is 5.76 Å². The van der Waals surface area contributed by atoms with E-state index in [0.717, 1.165) is 11.3 Å². The summed E-state index contributed by atoms with van der Waals surface area (Å²) in [5.41, 5.74) is 0.877. The van der Waals surface area contributed by atoms with E-state index < -0.39 is 0 Å². The second-order valence-corrected chi connectivity index (χ2v) is 1.99. The molecule has 0 unspecified atom stereocenters. The molecule has 0 aromatic heterocycles. The molecule has 0 N–H and O–H groups in total. The van der Waals surface area contributed by atoms with Crippen LogP contribution in [0, 0.1) is 6.92 Å². The average Bonchev–Trinajstić information content (AvgIpc) is 2.36. The van der Waals surface area contributed by atoms with Crippen LogP contribution in [-0.4, -0.2) is 15.2 Å². The van der Waals surface area contributed by atoms with Crippen molar-refractivity contribution in [2.75, 3.05) is 0 Å². The van der Waals surface area contributed by atoms with Crippen molar-refractivity contribution in [1.82, 2.24) is 15.2 Å². The second kappa shape index (κ2) is 1.76. The Bertz CT molecular complexity index is 317. The van der Waals surface area contributed by atoms with Crippen LogP contribution in [0.2, 0.25) is 0 Å². The molecular formula is C6H5N3O. The highest BCUT2D eigenvalue weighted by Crippen LogP contribution is 2.18. The van der Waals surface area contributed by atoms with E-state index in [0.29, 0.717) is 5.82 Å². The molecule has 0 radical (unpaired) electrons. The summed E-state index contributed by atoms with van der Waals surface area (Å²) >= 11 is 0. The maximum absolute atomic E-state index is 5.01. The summed E-state index contributed by atoms with van der Waals surface area (Å²) in [5.74, 6) is 1.44. The van der Waals surface area contributed by atoms with E-state index in [9.17, 15) is 0 Å². The van der Waals surface area contributed by atoms with Gasteiger partial charge in [-0.05, 0) is 6.92 Å². The summed E-state index contributed by atoms with van der Waals surface area (Å²) in [5, 5.41) is 7.45. The fourth-order valence-corrected chi connectivity index (χ4v) is 0.815. The van der Waals surface area contributed by atoms with Crippen molar-refractivity contribution in [1.29, 1.82) is 0 Å². The standard InChI is InChI=1S/C6H5N3O/c1-4-5-2-8-9-6(5)7-3-10-4/h2-3H,1H3. The molecule has 4 heteroatoms. The molecule has 0 aromatic rings. The summed E-state index contributed by atoms with van der Waals surface area (Å²) < 4.78 is 5.01. The van der Waals surface area contributed by atoms with Gasteiger partial charge in [-0.15, -0.1) is 5.10 Å². The predicted octanol–water partition coefficient (Wildman–Crippen LogP) is 0.878. The monoisotopic (exact) mass is 135 g/mol. The second-order valence-electron chi connectivity index (χ2n) is 1.99. The zero-order valence-corrected chi connectivity index (χ0v) is 5.40. The van der Waals surface area contributed by atoms with Crippen LogP contribution >= 0.6 is 0 Å². The molecule has 0 saturated carbocycles. The topological polar surface area (TPSA) is 51.8 Å². The molecule has 0 bridgehead atoms. The van der Waals surface area contributed by atoms with Gasteiger partial charge in [0, 0.05) is 0 Å². The Morgan fingerprint density at radius 2 is 2.40 bits per heavy atom. The van der Waals surface area contributed by atoms with Gasteiger partial charge in [0.2, 0.25) is 0 Å². The van der Waals surface area contributed by atoms with Crippen molar-refractivity contribution < 1.29 is 4.42 Å². The minimum Gasteiger partial charge on any atom is -0.450 e. The van der Waals surface area contributed by atoms with Crippen molar-refractivity contribution in [3.8, 4) is 11.4 Å². The number of fused-ring (bicyclic) bond motifs is 1. The van der Waals surface area contributed by atoms with E-state index >= 15 is 0 Å². The predicted molar refractivity (Wildman–Crippen MR) is 33.5 cm³/mol. The van der Waals surface area contributed by atoms with Gasteiger partial charge in [-0.3, -0.25) is 0 Å². The Balaban J connectivity index is 2.80. The van der Waals surface area contributed by atoms with Gasteiger partial charge in [-0.2, -0.15) is 10.1 Å². The molecule has 4 nitrogen and oxygen atoms in total. The molecule has 0 aromatic carbocycles. The van der Waals surface area contributed by atoms with E-state index in [2.05, 4.69) is 15.2 Å². The van der Waals surface area contributed by atoms with Crippen LogP contribution in [0.25, 0.3) is 11.4 Å². The lowest BCUT2D eigenvalue weighted by atomic mass is 10.3. The summed E-state index contributed by atoms with van der Waals surface area (Å²) in [6, 6.07) is 0. The third-order valence-electron chi connectivity index (χ3n) is 1.36. The fourth-order valence-electron chi connectivity index (χ4n) is 0.815. The largest absolute Gasteiger partial charge is 0.450 e. The first-order chi connectivity index (χ1) is 4.88. The van der Waals surface area contributed by atoms with Crippen molar-refractivity contribution in [3.63, 3.8) is 0 Å². The van der Waals surface area contributed by atoms with Gasteiger partial charge in [-0.1, -0.05) is 0 Å². The van der Waals surface area contributed by atoms with E-state index in [4.69, 9.17) is 4.42 Å². The number of aromatic nitrogens is 3. The Kier molecular flexibility index (Phi) is 0.943. The van der Waals surface area contributed by atoms with Gasteiger partial charge in [0.15, 0.2) is 12.2 Å². The highest BCUT2D eigenvalue weighted by Gasteiger charge is 2.09. The van der Waals surface area contributed by atoms with Crippen LogP contribution in [0.1, 0.15) is 5.76 Å². The number of hydrogen-bond acceptors (Lipinski definition) is 4. The lowest BCUT2D eigenvalue weighted by molar-refractivity contribution is 0.497. The number of hydrogen-bond donors (Lipinski definition) is 0. The van der Waals surface area contributed by atoms with Gasteiger partial charge >= 0.3 is 0 Å². The lowest BCUT2D eigenvalue weighted by Crippen LogP contribution is -1.84. The van der Waals surface area contributed by atoms with Crippen molar-refractivity contribution in [3.05, 3.63) is 18.4 Å². The zero-order valence-electron chi connectivity index (χ0n) is 5.40. The minimum absolute atomic E-state index is 0.642. The van der Waals surface area contributed by atoms with Crippen LogP contribution in [0.4, 0.5) is 0 Å². The quantitative estimate of drug-likeness (QED) is 0.538. The molecule has 0 amide bonds. The Labute approximate surface area is 57.3 Å². The van der Waals surface area contributed by atoms with Crippen molar-refractivity contribution >= 4 is 0 Å². The summed E-state index contributed by atoms with van der Waals surface area (Å²) in [4.78, 5) is 3.86. The average molecular weight is 135 g/mol. The first-order valence-electron chi connectivity index (χ1n) is 2.89. The van der Waals surface area contributed by atoms with Gasteiger partial charge in [0.05, 0.1) is 11.8 Å². The van der Waals surface area contributed by atoms with Crippen molar-refractivity contribution in [2.24, 2.45) is 0 Å². The number of rotatable bonds is 0. The van der Waals surface area contributed by atoms with Gasteiger partial charge < -0.3 is 4.42 Å². The van der Waals surface area contributed by atoms with Crippen molar-refractivity contribution in [2.45, 2.75) is 6.92 Å². The molecule has 0 spiro atoms. The molecule has 2 heterocycles. The first-order valence-corrected chi connectivity index (χ1v) is 2.89. The molecule has 2 aliphatic rings. The minimum atomic E-state index is 0.642. The zero-order chi connectivity index (χ0) is 6.97. The van der Waals surface area contributed by atoms with Gasteiger partial charge in [0.25, 0.3) is 0 Å². The molecular weight excluding hydrogens is 130 g/mol. The summed E-state index contributed by atoms with van der Waals surface area (Å²) in [7, 11) is 0. The Hall–Kier alpha value is -1.45. The number of nitrogens with zero attached hydrogens (tertiary/aromatic N) is 3. The Morgan fingerprint density at radius 3 is 3.20 bits per heavy atom. The van der Waals surface area contributed by atoms with Crippen LogP contribution < -0.4 is 0 Å².